The summed E-state index contributed by atoms with van der Waals surface area (Å²) in [6.45, 7) is 13.0. The highest BCUT2D eigenvalue weighted by Gasteiger charge is 2.49. The van der Waals surface area contributed by atoms with Crippen molar-refractivity contribution in [3.05, 3.63) is 229 Å². The summed E-state index contributed by atoms with van der Waals surface area (Å²) in [5.74, 6) is -4.06. The molecule has 0 radical (unpaired) electrons. The minimum Gasteiger partial charge on any atom is -0.496 e. The van der Waals surface area contributed by atoms with Crippen LogP contribution in [0.15, 0.2) is 127 Å². The summed E-state index contributed by atoms with van der Waals surface area (Å²) in [6, 6.07) is 25.7. The maximum absolute atomic E-state index is 13.9. The van der Waals surface area contributed by atoms with Gasteiger partial charge in [0.25, 0.3) is 0 Å². The zero-order chi connectivity index (χ0) is 98.0. The number of aryl methyl sites for hydroxylation is 3. The third kappa shape index (κ3) is 20.3. The fraction of sp³-hybridized carbons (Fsp3) is 0.412. The van der Waals surface area contributed by atoms with Crippen LogP contribution in [0.2, 0.25) is 0 Å². The lowest BCUT2D eigenvalue weighted by atomic mass is 9.71. The zero-order valence-corrected chi connectivity index (χ0v) is 74.6. The van der Waals surface area contributed by atoms with Crippen molar-refractivity contribution >= 4 is 53.6 Å². The molecule has 39 heteroatoms. The first-order chi connectivity index (χ1) is 64.2. The van der Waals surface area contributed by atoms with Crippen LogP contribution in [-0.4, -0.2) is 160 Å². The maximum Gasteiger partial charge on any atom is 0.416 e. The van der Waals surface area contributed by atoms with Crippen LogP contribution in [0.4, 0.5) is 97.7 Å². The highest BCUT2D eigenvalue weighted by atomic mass is 19.4. The van der Waals surface area contributed by atoms with Gasteiger partial charge >= 0.3 is 60.9 Å². The van der Waals surface area contributed by atoms with Gasteiger partial charge in [0, 0.05) is 84.6 Å². The molecule has 6 aliphatic heterocycles. The SMILES string of the molecule is COc1ccc(C2CC(C(=O)O)C2)cc1-c1c(C)cc(N2CCC2)nc1CN1C(=O)O[C@H](c2cc(C(F)(F)F)cc(C(F)(F)F)c2)[C@@H]1C.COc1ccc(C2CC(C(=O)O)C2)cc1-c1c(C)cc(N2CCC2)nc1CN1C(=O)O[C@H](c2cc(C(F)(F)F)cc(C(F)(F)F)c2)[C@@H]1C.COc1ccc(CCC(=O)O)cc1-c1ccc(N2CCC2)nc1CN1C(=O)O[C@H](c2cc(F)c(F)c(F)c2)[C@@H]1C. The number of carboxylic acid groups (broad SMARTS) is 3. The minimum atomic E-state index is -5.06. The van der Waals surface area contributed by atoms with E-state index in [1.165, 1.54) is 49.9 Å². The van der Waals surface area contributed by atoms with Crippen LogP contribution < -0.4 is 28.9 Å². The summed E-state index contributed by atoms with van der Waals surface area (Å²) < 4.78 is 238. The van der Waals surface area contributed by atoms with Crippen LogP contribution in [0.1, 0.15) is 186 Å². The highest BCUT2D eigenvalue weighted by Crippen LogP contribution is 2.52. The average Bonchev–Trinajstić information content (AvgIpc) is 1.47. The van der Waals surface area contributed by atoms with E-state index >= 15 is 0 Å². The smallest absolute Gasteiger partial charge is 0.416 e. The summed E-state index contributed by atoms with van der Waals surface area (Å²) in [6.07, 6.45) is -21.4. The second-order valence-corrected chi connectivity index (χ2v) is 35.2. The van der Waals surface area contributed by atoms with Gasteiger partial charge in [0.2, 0.25) is 0 Å². The Bertz CT molecular complexity index is 5770. The molecule has 2 aliphatic carbocycles. The van der Waals surface area contributed by atoms with Gasteiger partial charge in [-0.15, -0.1) is 0 Å². The van der Waals surface area contributed by atoms with Gasteiger partial charge in [-0.3, -0.25) is 29.1 Å². The number of ether oxygens (including phenoxy) is 6. The number of amides is 3. The number of methoxy groups -OCH3 is 3. The Morgan fingerprint density at radius 1 is 0.404 bits per heavy atom. The minimum absolute atomic E-state index is 0.00932. The van der Waals surface area contributed by atoms with Gasteiger partial charge in [-0.2, -0.15) is 52.7 Å². The number of carboxylic acids is 3. The normalized spacial score (nSPS) is 21.4. The first kappa shape index (κ1) is 97.3. The molecule has 3 N–H and O–H groups in total. The van der Waals surface area contributed by atoms with E-state index in [-0.39, 0.29) is 55.6 Å². The number of rotatable bonds is 25. The molecule has 2 saturated carbocycles. The molecule has 24 nitrogen and oxygen atoms in total. The standard InChI is InChI=1S/2C34H33F6N3O5.C29H28F3N3O5/c2*1-17-9-28(42-7-4-8-42)41-26(29(17)25-14-19(5-6-27(25)47-3)20-10-22(11-20)31(44)45)16-43-18(2)30(48-32(43)46)21-12-23(33(35,36)37)15-24(13-21)34(38,39)40;1-16-28(18-13-21(30)27(32)22(31)14-18)40-29(38)35(16)15-23-19(6-8-25(33-23)34-10-3-11-34)20-12-17(5-9-26(36)37)4-7-24(20)39-2/h2*5-6,9,12-15,18,20,22,30H,4,7-8,10-11,16H2,1-3H3,(H,44,45);4,6-8,12-14,16,28H,3,5,9-11,15H2,1-2H3,(H,36,37)/t2*18-,20?,22?,30-;16-,28-/m000/s1. The van der Waals surface area contributed by atoms with Crippen molar-refractivity contribution in [2.75, 3.05) is 75.3 Å². The predicted octanol–water partition coefficient (Wildman–Crippen LogP) is 21.4. The molecule has 9 aromatic rings. The van der Waals surface area contributed by atoms with Crippen molar-refractivity contribution in [2.24, 2.45) is 11.8 Å². The van der Waals surface area contributed by atoms with Gasteiger partial charge in [0.15, 0.2) is 17.5 Å². The van der Waals surface area contributed by atoms with E-state index < -0.39 is 160 Å². The number of hydrogen-bond donors (Lipinski definition) is 3. The van der Waals surface area contributed by atoms with Crippen LogP contribution in [0, 0.1) is 43.1 Å². The average molecular weight is 1910 g/mol. The number of aliphatic carboxylic acids is 3. The van der Waals surface area contributed by atoms with Crippen LogP contribution in [-0.2, 0) is 79.4 Å². The number of hydrogen-bond acceptors (Lipinski definition) is 18. The fourth-order valence-electron chi connectivity index (χ4n) is 18.3. The second-order valence-electron chi connectivity index (χ2n) is 35.2. The van der Waals surface area contributed by atoms with E-state index in [1.807, 2.05) is 68.4 Å². The summed E-state index contributed by atoms with van der Waals surface area (Å²) >= 11 is 0. The lowest BCUT2D eigenvalue weighted by molar-refractivity contribution is -0.146. The summed E-state index contributed by atoms with van der Waals surface area (Å²) in [5, 5.41) is 27.9. The number of aromatic nitrogens is 3. The molecule has 6 aromatic carbocycles. The lowest BCUT2D eigenvalue weighted by Gasteiger charge is -2.34. The number of nitrogens with zero attached hydrogens (tertiary/aromatic N) is 9. The molecule has 8 aliphatic rings. The number of pyridine rings is 3. The molecule has 9 heterocycles. The quantitative estimate of drug-likeness (QED) is 0.0272. The Hall–Kier alpha value is -13.3. The molecule has 6 atom stereocenters. The molecular formula is C97H94F15N9O15. The number of alkyl halides is 12. The molecule has 3 aromatic heterocycles. The molecule has 0 spiro atoms. The molecule has 8 fully saturated rings. The number of carbonyl (C=O) groups excluding carboxylic acids is 3. The van der Waals surface area contributed by atoms with Crippen molar-refractivity contribution in [2.45, 2.75) is 185 Å². The van der Waals surface area contributed by atoms with Gasteiger partial charge in [-0.05, 0) is 246 Å². The van der Waals surface area contributed by atoms with Crippen molar-refractivity contribution < 1.29 is 138 Å². The van der Waals surface area contributed by atoms with Gasteiger partial charge in [-0.1, -0.05) is 18.2 Å². The zero-order valence-electron chi connectivity index (χ0n) is 74.6. The molecule has 3 amide bonds. The molecular weight excluding hydrogens is 1820 g/mol. The van der Waals surface area contributed by atoms with Crippen molar-refractivity contribution in [1.82, 2.24) is 29.7 Å². The summed E-state index contributed by atoms with van der Waals surface area (Å²) in [4.78, 5) is 98.4. The lowest BCUT2D eigenvalue weighted by Crippen LogP contribution is -2.38. The first-order valence-electron chi connectivity index (χ1n) is 43.9. The van der Waals surface area contributed by atoms with Gasteiger partial charge in [-0.25, -0.2) is 42.5 Å². The monoisotopic (exact) mass is 1910 g/mol. The van der Waals surface area contributed by atoms with Crippen LogP contribution in [0.3, 0.4) is 0 Å². The van der Waals surface area contributed by atoms with E-state index in [0.717, 1.165) is 104 Å². The van der Waals surface area contributed by atoms with E-state index in [2.05, 4.69) is 14.7 Å². The number of cyclic esters (lactones) is 3. The Balaban J connectivity index is 0.000000156. The predicted molar refractivity (Wildman–Crippen MR) is 463 cm³/mol. The number of halogens is 15. The number of anilines is 3. The third-order valence-electron chi connectivity index (χ3n) is 26.5. The summed E-state index contributed by atoms with van der Waals surface area (Å²) in [7, 11) is 4.55. The van der Waals surface area contributed by atoms with Gasteiger partial charge in [0.05, 0.1) is 110 Å². The third-order valence-corrected chi connectivity index (χ3v) is 26.5. The van der Waals surface area contributed by atoms with E-state index in [1.54, 1.807) is 31.2 Å². The van der Waals surface area contributed by atoms with Crippen molar-refractivity contribution in [3.8, 4) is 50.6 Å². The van der Waals surface area contributed by atoms with Crippen LogP contribution in [0.25, 0.3) is 33.4 Å². The van der Waals surface area contributed by atoms with Gasteiger partial charge < -0.3 is 58.4 Å². The molecule has 136 heavy (non-hydrogen) atoms. The summed E-state index contributed by atoms with van der Waals surface area (Å²) in [5.41, 5.74) is 2.81. The molecule has 6 saturated heterocycles. The largest absolute Gasteiger partial charge is 0.496 e. The molecule has 0 unspecified atom stereocenters. The Kier molecular flexibility index (Phi) is 27.5. The molecule has 722 valence electrons. The molecule has 0 bridgehead atoms. The van der Waals surface area contributed by atoms with Crippen LogP contribution >= 0.6 is 0 Å². The van der Waals surface area contributed by atoms with E-state index in [9.17, 15) is 105 Å². The van der Waals surface area contributed by atoms with Crippen molar-refractivity contribution in [3.63, 3.8) is 0 Å². The Morgan fingerprint density at radius 2 is 0.743 bits per heavy atom. The van der Waals surface area contributed by atoms with E-state index in [0.29, 0.717) is 136 Å². The van der Waals surface area contributed by atoms with Gasteiger partial charge in [0.1, 0.15) is 53.0 Å². The number of carbonyl (C=O) groups is 6. The maximum atomic E-state index is 13.9. The fourth-order valence-corrected chi connectivity index (χ4v) is 18.3. The first-order valence-corrected chi connectivity index (χ1v) is 43.9. The van der Waals surface area contributed by atoms with E-state index in [4.69, 9.17) is 48.5 Å². The molecule has 17 rings (SSSR count). The number of benzene rings is 6. The van der Waals surface area contributed by atoms with Crippen LogP contribution in [0.5, 0.6) is 17.2 Å². The highest BCUT2D eigenvalue weighted by molar-refractivity contribution is 5.82. The topological polar surface area (TPSA) is 277 Å². The Morgan fingerprint density at radius 3 is 1.08 bits per heavy atom. The van der Waals surface area contributed by atoms with Crippen molar-refractivity contribution in [1.29, 1.82) is 0 Å². The second kappa shape index (κ2) is 38.5. The Labute approximate surface area is 769 Å².